The lowest BCUT2D eigenvalue weighted by atomic mass is 10.1. The summed E-state index contributed by atoms with van der Waals surface area (Å²) in [6.07, 6.45) is 1.66. The molecule has 0 aliphatic heterocycles. The van der Waals surface area contributed by atoms with Crippen molar-refractivity contribution in [3.63, 3.8) is 0 Å². The number of aryl methyl sites for hydroxylation is 1. The number of hydrogen-bond donors (Lipinski definition) is 2. The van der Waals surface area contributed by atoms with Crippen LogP contribution in [0, 0.1) is 6.92 Å². The number of benzene rings is 2. The average molecular weight is 289 g/mol. The van der Waals surface area contributed by atoms with Crippen molar-refractivity contribution in [3.05, 3.63) is 64.2 Å². The number of nitrogens with zero attached hydrogens (tertiary/aromatic N) is 1. The van der Waals surface area contributed by atoms with Crippen molar-refractivity contribution in [1.82, 2.24) is 0 Å². The van der Waals surface area contributed by atoms with Gasteiger partial charge in [0.1, 0.15) is 0 Å². The van der Waals surface area contributed by atoms with Crippen molar-refractivity contribution in [2.45, 2.75) is 6.92 Å². The molecule has 0 saturated carbocycles. The molecule has 0 aromatic heterocycles. The number of carboxylic acids is 1. The number of carbonyl (C=O) groups is 1. The molecule has 0 radical (unpaired) electrons. The van der Waals surface area contributed by atoms with E-state index in [1.807, 2.05) is 25.1 Å². The molecule has 4 nitrogen and oxygen atoms in total. The normalized spacial score (nSPS) is 10.7. The molecular formula is C15H13ClN2O2. The van der Waals surface area contributed by atoms with Crippen molar-refractivity contribution in [3.8, 4) is 0 Å². The van der Waals surface area contributed by atoms with Crippen LogP contribution in [0.4, 0.5) is 5.69 Å². The van der Waals surface area contributed by atoms with Crippen LogP contribution in [0.5, 0.6) is 0 Å². The topological polar surface area (TPSA) is 61.7 Å². The number of anilines is 1. The molecule has 0 atom stereocenters. The molecule has 0 fully saturated rings. The number of halogens is 1. The van der Waals surface area contributed by atoms with Crippen LogP contribution in [0.2, 0.25) is 5.02 Å². The van der Waals surface area contributed by atoms with Crippen molar-refractivity contribution in [2.24, 2.45) is 5.10 Å². The minimum atomic E-state index is -0.950. The Bertz CT molecular complexity index is 631. The third-order valence-electron chi connectivity index (χ3n) is 2.60. The van der Waals surface area contributed by atoms with Crippen molar-refractivity contribution in [2.75, 3.05) is 5.43 Å². The Labute approximate surface area is 121 Å². The van der Waals surface area contributed by atoms with E-state index in [9.17, 15) is 4.79 Å². The first-order chi connectivity index (χ1) is 9.54. The molecule has 2 N–H and O–H groups in total. The van der Waals surface area contributed by atoms with E-state index in [4.69, 9.17) is 16.7 Å². The van der Waals surface area contributed by atoms with Gasteiger partial charge in [-0.2, -0.15) is 5.10 Å². The smallest absolute Gasteiger partial charge is 0.335 e. The van der Waals surface area contributed by atoms with Crippen LogP contribution in [0.15, 0.2) is 47.6 Å². The Hall–Kier alpha value is -2.33. The SMILES string of the molecule is Cc1cc(Cl)cc(/C=N\Nc2ccc(C(=O)O)cc2)c1. The van der Waals surface area contributed by atoms with Gasteiger partial charge in [-0.15, -0.1) is 0 Å². The molecule has 2 rings (SSSR count). The molecule has 0 unspecified atom stereocenters. The Morgan fingerprint density at radius 1 is 1.25 bits per heavy atom. The fourth-order valence-corrected chi connectivity index (χ4v) is 2.01. The molecule has 0 aliphatic carbocycles. The molecule has 2 aromatic rings. The fraction of sp³-hybridized carbons (Fsp3) is 0.0667. The molecule has 2 aromatic carbocycles. The van der Waals surface area contributed by atoms with Gasteiger partial charge < -0.3 is 5.11 Å². The third-order valence-corrected chi connectivity index (χ3v) is 2.82. The first-order valence-electron chi connectivity index (χ1n) is 5.94. The first-order valence-corrected chi connectivity index (χ1v) is 6.32. The van der Waals surface area contributed by atoms with Crippen LogP contribution in [0.3, 0.4) is 0 Å². The maximum Gasteiger partial charge on any atom is 0.335 e. The van der Waals surface area contributed by atoms with Gasteiger partial charge >= 0.3 is 5.97 Å². The quantitative estimate of drug-likeness (QED) is 0.664. The zero-order chi connectivity index (χ0) is 14.5. The van der Waals surface area contributed by atoms with Crippen molar-refractivity contribution >= 4 is 29.5 Å². The molecular weight excluding hydrogens is 276 g/mol. The van der Waals surface area contributed by atoms with E-state index in [1.165, 1.54) is 12.1 Å². The van der Waals surface area contributed by atoms with Crippen LogP contribution in [-0.2, 0) is 0 Å². The minimum Gasteiger partial charge on any atom is -0.478 e. The van der Waals surface area contributed by atoms with E-state index >= 15 is 0 Å². The van der Waals surface area contributed by atoms with E-state index in [-0.39, 0.29) is 5.56 Å². The number of rotatable bonds is 4. The summed E-state index contributed by atoms with van der Waals surface area (Å²) >= 11 is 5.96. The van der Waals surface area contributed by atoms with E-state index in [0.29, 0.717) is 10.7 Å². The summed E-state index contributed by atoms with van der Waals surface area (Å²) in [7, 11) is 0. The van der Waals surface area contributed by atoms with Gasteiger partial charge in [-0.1, -0.05) is 17.7 Å². The second-order valence-corrected chi connectivity index (χ2v) is 4.75. The summed E-state index contributed by atoms with van der Waals surface area (Å²) in [4.78, 5) is 10.7. The van der Waals surface area contributed by atoms with Gasteiger partial charge in [-0.05, 0) is 54.4 Å². The molecule has 0 bridgehead atoms. The highest BCUT2D eigenvalue weighted by Gasteiger charge is 2.00. The Morgan fingerprint density at radius 2 is 1.95 bits per heavy atom. The van der Waals surface area contributed by atoms with E-state index in [0.717, 1.165) is 11.1 Å². The molecule has 0 aliphatic rings. The zero-order valence-corrected chi connectivity index (χ0v) is 11.6. The number of carboxylic acid groups (broad SMARTS) is 1. The van der Waals surface area contributed by atoms with Crippen LogP contribution in [-0.4, -0.2) is 17.3 Å². The van der Waals surface area contributed by atoms with Gasteiger partial charge in [0, 0.05) is 5.02 Å². The van der Waals surface area contributed by atoms with E-state index in [1.54, 1.807) is 18.3 Å². The highest BCUT2D eigenvalue weighted by atomic mass is 35.5. The van der Waals surface area contributed by atoms with Gasteiger partial charge in [-0.3, -0.25) is 5.43 Å². The maximum absolute atomic E-state index is 10.7. The second kappa shape index (κ2) is 6.21. The average Bonchev–Trinajstić information content (AvgIpc) is 2.38. The van der Waals surface area contributed by atoms with Crippen molar-refractivity contribution in [1.29, 1.82) is 0 Å². The molecule has 0 amide bonds. The lowest BCUT2D eigenvalue weighted by Crippen LogP contribution is -1.96. The molecule has 0 heterocycles. The summed E-state index contributed by atoms with van der Waals surface area (Å²) in [5.74, 6) is -0.950. The number of hydrazone groups is 1. The van der Waals surface area contributed by atoms with Gasteiger partial charge in [0.2, 0.25) is 0 Å². The number of hydrogen-bond acceptors (Lipinski definition) is 3. The van der Waals surface area contributed by atoms with Crippen LogP contribution >= 0.6 is 11.6 Å². The number of nitrogens with one attached hydrogen (secondary N) is 1. The van der Waals surface area contributed by atoms with Gasteiger partial charge in [0.05, 0.1) is 17.5 Å². The van der Waals surface area contributed by atoms with Crippen LogP contribution < -0.4 is 5.43 Å². The standard InChI is InChI=1S/C15H13ClN2O2/c1-10-6-11(8-13(16)7-10)9-17-18-14-4-2-12(3-5-14)15(19)20/h2-9,18H,1H3,(H,19,20)/b17-9-. The predicted molar refractivity (Wildman–Crippen MR) is 80.8 cm³/mol. The lowest BCUT2D eigenvalue weighted by molar-refractivity contribution is 0.0697. The monoisotopic (exact) mass is 288 g/mol. The summed E-state index contributed by atoms with van der Waals surface area (Å²) in [6, 6.07) is 12.0. The van der Waals surface area contributed by atoms with Crippen molar-refractivity contribution < 1.29 is 9.90 Å². The highest BCUT2D eigenvalue weighted by Crippen LogP contribution is 2.13. The molecule has 102 valence electrons. The first kappa shape index (κ1) is 14.1. The summed E-state index contributed by atoms with van der Waals surface area (Å²) in [5.41, 5.74) is 5.74. The lowest BCUT2D eigenvalue weighted by Gasteiger charge is -2.01. The predicted octanol–water partition coefficient (Wildman–Crippen LogP) is 3.79. The van der Waals surface area contributed by atoms with E-state index in [2.05, 4.69) is 10.5 Å². The minimum absolute atomic E-state index is 0.241. The van der Waals surface area contributed by atoms with Crippen LogP contribution in [0.25, 0.3) is 0 Å². The maximum atomic E-state index is 10.7. The molecule has 0 spiro atoms. The van der Waals surface area contributed by atoms with E-state index < -0.39 is 5.97 Å². The summed E-state index contributed by atoms with van der Waals surface area (Å²) in [5, 5.41) is 13.5. The fourth-order valence-electron chi connectivity index (χ4n) is 1.71. The Balaban J connectivity index is 2.04. The zero-order valence-electron chi connectivity index (χ0n) is 10.8. The Morgan fingerprint density at radius 3 is 2.55 bits per heavy atom. The largest absolute Gasteiger partial charge is 0.478 e. The van der Waals surface area contributed by atoms with Gasteiger partial charge in [0.15, 0.2) is 0 Å². The van der Waals surface area contributed by atoms with Gasteiger partial charge in [-0.25, -0.2) is 4.79 Å². The Kier molecular flexibility index (Phi) is 4.38. The van der Waals surface area contributed by atoms with Crippen LogP contribution in [0.1, 0.15) is 21.5 Å². The van der Waals surface area contributed by atoms with Gasteiger partial charge in [0.25, 0.3) is 0 Å². The third kappa shape index (κ3) is 3.83. The second-order valence-electron chi connectivity index (χ2n) is 4.31. The summed E-state index contributed by atoms with van der Waals surface area (Å²) in [6.45, 7) is 1.96. The molecule has 20 heavy (non-hydrogen) atoms. The highest BCUT2D eigenvalue weighted by molar-refractivity contribution is 6.30. The summed E-state index contributed by atoms with van der Waals surface area (Å²) < 4.78 is 0. The molecule has 0 saturated heterocycles. The number of aromatic carboxylic acids is 1. The molecule has 5 heteroatoms.